The van der Waals surface area contributed by atoms with Crippen LogP contribution in [0, 0.1) is 13.8 Å². The summed E-state index contributed by atoms with van der Waals surface area (Å²) >= 11 is 0. The number of hydroxylamine groups is 1. The highest BCUT2D eigenvalue weighted by Crippen LogP contribution is 2.37. The first-order valence-corrected chi connectivity index (χ1v) is 13.1. The molecule has 1 unspecified atom stereocenters. The van der Waals surface area contributed by atoms with Gasteiger partial charge in [-0.3, -0.25) is 13.9 Å². The number of amides is 1. The second kappa shape index (κ2) is 11.5. The number of hydrogen-bond acceptors (Lipinski definition) is 9. The van der Waals surface area contributed by atoms with E-state index < -0.39 is 16.9 Å². The zero-order valence-electron chi connectivity index (χ0n) is 21.5. The van der Waals surface area contributed by atoms with E-state index in [2.05, 4.69) is 31.1 Å². The fourth-order valence-electron chi connectivity index (χ4n) is 3.65. The SMILES string of the molecule is CCONC(=O)c1cnc(Nc2cc(C)nc(C)n2)cc1Nc1ccc(OC)cc1N(C)S(=O)C1CC1. The summed E-state index contributed by atoms with van der Waals surface area (Å²) in [6, 6.07) is 8.95. The van der Waals surface area contributed by atoms with Crippen molar-refractivity contribution in [2.24, 2.45) is 0 Å². The average Bonchev–Trinajstić information content (AvgIpc) is 3.72. The highest BCUT2D eigenvalue weighted by molar-refractivity contribution is 7.87. The summed E-state index contributed by atoms with van der Waals surface area (Å²) in [6.45, 7) is 5.78. The quantitative estimate of drug-likeness (QED) is 0.319. The maximum absolute atomic E-state index is 13.0. The Kier molecular flexibility index (Phi) is 8.19. The molecule has 4 rings (SSSR count). The van der Waals surface area contributed by atoms with Crippen LogP contribution in [0.3, 0.4) is 0 Å². The molecule has 2 aromatic heterocycles. The lowest BCUT2D eigenvalue weighted by Crippen LogP contribution is -2.25. The number of pyridine rings is 1. The molecule has 0 aliphatic heterocycles. The highest BCUT2D eigenvalue weighted by atomic mass is 32.2. The molecule has 1 aliphatic rings. The van der Waals surface area contributed by atoms with Crippen molar-refractivity contribution in [1.29, 1.82) is 0 Å². The van der Waals surface area contributed by atoms with E-state index in [-0.39, 0.29) is 10.8 Å². The number of rotatable bonds is 11. The van der Waals surface area contributed by atoms with Gasteiger partial charge in [-0.2, -0.15) is 0 Å². The van der Waals surface area contributed by atoms with Crippen LogP contribution in [-0.4, -0.2) is 51.1 Å². The third-order valence-corrected chi connectivity index (χ3v) is 7.35. The molecule has 0 radical (unpaired) electrons. The van der Waals surface area contributed by atoms with Crippen molar-refractivity contribution in [2.45, 2.75) is 38.9 Å². The molecule has 0 saturated heterocycles. The number of carbonyl (C=O) groups is 1. The van der Waals surface area contributed by atoms with E-state index in [0.717, 1.165) is 18.5 Å². The van der Waals surface area contributed by atoms with Crippen molar-refractivity contribution in [2.75, 3.05) is 35.7 Å². The molecule has 196 valence electrons. The van der Waals surface area contributed by atoms with Crippen LogP contribution in [0.1, 0.15) is 41.6 Å². The Bertz CT molecular complexity index is 1300. The zero-order valence-corrected chi connectivity index (χ0v) is 22.3. The first-order chi connectivity index (χ1) is 17.8. The number of nitrogens with zero attached hydrogens (tertiary/aromatic N) is 4. The van der Waals surface area contributed by atoms with Gasteiger partial charge in [-0.25, -0.2) is 24.6 Å². The van der Waals surface area contributed by atoms with E-state index in [0.29, 0.717) is 46.9 Å². The van der Waals surface area contributed by atoms with Gasteiger partial charge in [-0.05, 0) is 45.7 Å². The smallest absolute Gasteiger partial charge is 0.278 e. The third-order valence-electron chi connectivity index (χ3n) is 5.57. The van der Waals surface area contributed by atoms with Crippen LogP contribution in [0.25, 0.3) is 0 Å². The maximum atomic E-state index is 13.0. The number of nitrogens with one attached hydrogen (secondary N) is 3. The Morgan fingerprint density at radius 1 is 1.11 bits per heavy atom. The molecular weight excluding hydrogens is 494 g/mol. The van der Waals surface area contributed by atoms with Gasteiger partial charge in [0.15, 0.2) is 0 Å². The van der Waals surface area contributed by atoms with Gasteiger partial charge in [0.1, 0.15) is 34.2 Å². The summed E-state index contributed by atoms with van der Waals surface area (Å²) < 4.78 is 20.1. The van der Waals surface area contributed by atoms with Gasteiger partial charge in [0.05, 0.1) is 41.6 Å². The molecule has 1 atom stereocenters. The lowest BCUT2D eigenvalue weighted by molar-refractivity contribution is 0.0365. The monoisotopic (exact) mass is 525 g/mol. The van der Waals surface area contributed by atoms with E-state index in [9.17, 15) is 9.00 Å². The second-order valence-electron chi connectivity index (χ2n) is 8.53. The molecule has 0 spiro atoms. The van der Waals surface area contributed by atoms with Crippen LogP contribution in [0.4, 0.5) is 28.7 Å². The molecular formula is C25H31N7O4S. The summed E-state index contributed by atoms with van der Waals surface area (Å²) in [5, 5.41) is 6.65. The Labute approximate surface area is 218 Å². The van der Waals surface area contributed by atoms with E-state index in [4.69, 9.17) is 9.57 Å². The highest BCUT2D eigenvalue weighted by Gasteiger charge is 2.32. The number of carbonyl (C=O) groups excluding carboxylic acids is 1. The largest absolute Gasteiger partial charge is 0.497 e. The number of aromatic nitrogens is 3. The molecule has 3 aromatic rings. The molecule has 11 nitrogen and oxygen atoms in total. The van der Waals surface area contributed by atoms with E-state index >= 15 is 0 Å². The number of aryl methyl sites for hydroxylation is 2. The van der Waals surface area contributed by atoms with E-state index in [1.807, 2.05) is 26.0 Å². The maximum Gasteiger partial charge on any atom is 0.278 e. The van der Waals surface area contributed by atoms with Gasteiger partial charge in [0.25, 0.3) is 5.91 Å². The molecule has 1 amide bonds. The molecule has 3 N–H and O–H groups in total. The van der Waals surface area contributed by atoms with Crippen LogP contribution in [0.2, 0.25) is 0 Å². The van der Waals surface area contributed by atoms with Crippen molar-refractivity contribution in [3.8, 4) is 5.75 Å². The van der Waals surface area contributed by atoms with Crippen molar-refractivity contribution >= 4 is 45.6 Å². The minimum Gasteiger partial charge on any atom is -0.497 e. The zero-order chi connectivity index (χ0) is 26.5. The molecule has 12 heteroatoms. The van der Waals surface area contributed by atoms with Crippen LogP contribution in [0.5, 0.6) is 5.75 Å². The minimum atomic E-state index is -1.19. The van der Waals surface area contributed by atoms with Crippen LogP contribution >= 0.6 is 0 Å². The Hall–Kier alpha value is -3.77. The number of anilines is 5. The number of benzene rings is 1. The Balaban J connectivity index is 1.72. The summed E-state index contributed by atoms with van der Waals surface area (Å²) in [4.78, 5) is 31.1. The number of hydrogen-bond donors (Lipinski definition) is 3. The molecule has 37 heavy (non-hydrogen) atoms. The topological polar surface area (TPSA) is 131 Å². The molecule has 0 bridgehead atoms. The van der Waals surface area contributed by atoms with Crippen LogP contribution in [-0.2, 0) is 15.8 Å². The van der Waals surface area contributed by atoms with Crippen molar-refractivity contribution < 1.29 is 18.6 Å². The predicted octanol–water partition coefficient (Wildman–Crippen LogP) is 3.93. The van der Waals surface area contributed by atoms with E-state index in [1.54, 1.807) is 43.6 Å². The lowest BCUT2D eigenvalue weighted by atomic mass is 10.2. The van der Waals surface area contributed by atoms with Gasteiger partial charge in [0.2, 0.25) is 0 Å². The summed E-state index contributed by atoms with van der Waals surface area (Å²) in [5.41, 5.74) is 5.29. The van der Waals surface area contributed by atoms with Crippen LogP contribution in [0.15, 0.2) is 36.5 Å². The van der Waals surface area contributed by atoms with Crippen LogP contribution < -0.4 is 25.2 Å². The van der Waals surface area contributed by atoms with Gasteiger partial charge in [-0.15, -0.1) is 0 Å². The fraction of sp³-hybridized carbons (Fsp3) is 0.360. The standard InChI is InChI=1S/C25H31N7O4S/c1-6-36-31-25(33)19-14-26-23(30-24-11-15(2)27-16(3)28-24)13-21(19)29-20-10-7-17(35-5)12-22(20)32(4)37(34)18-8-9-18/h7,10-14,18H,6,8-9H2,1-5H3,(H,31,33)(H2,26,27,28,29,30). The fourth-order valence-corrected chi connectivity index (χ4v) is 4.98. The molecule has 1 fully saturated rings. The van der Waals surface area contributed by atoms with E-state index in [1.165, 1.54) is 6.20 Å². The summed E-state index contributed by atoms with van der Waals surface area (Å²) in [7, 11) is 2.18. The van der Waals surface area contributed by atoms with Crippen molar-refractivity contribution in [1.82, 2.24) is 20.4 Å². The lowest BCUT2D eigenvalue weighted by Gasteiger charge is -2.23. The van der Waals surface area contributed by atoms with Gasteiger partial charge < -0.3 is 15.4 Å². The normalized spacial score (nSPS) is 13.5. The van der Waals surface area contributed by atoms with Gasteiger partial charge in [-0.1, -0.05) is 0 Å². The number of methoxy groups -OCH3 is 1. The minimum absolute atomic E-state index is 0.146. The van der Waals surface area contributed by atoms with Gasteiger partial charge in [0, 0.05) is 37.1 Å². The van der Waals surface area contributed by atoms with Crippen molar-refractivity contribution in [3.63, 3.8) is 0 Å². The molecule has 1 saturated carbocycles. The number of ether oxygens (including phenoxy) is 1. The molecule has 2 heterocycles. The molecule has 1 aromatic carbocycles. The first kappa shape index (κ1) is 26.3. The summed E-state index contributed by atoms with van der Waals surface area (Å²) in [6.07, 6.45) is 3.33. The molecule has 1 aliphatic carbocycles. The van der Waals surface area contributed by atoms with Gasteiger partial charge >= 0.3 is 0 Å². The average molecular weight is 526 g/mol. The third kappa shape index (κ3) is 6.52. The first-order valence-electron chi connectivity index (χ1n) is 11.9. The Morgan fingerprint density at radius 2 is 1.89 bits per heavy atom. The second-order valence-corrected chi connectivity index (χ2v) is 10.3. The Morgan fingerprint density at radius 3 is 2.57 bits per heavy atom. The summed E-state index contributed by atoms with van der Waals surface area (Å²) in [5.74, 6) is 1.85. The predicted molar refractivity (Wildman–Crippen MR) is 144 cm³/mol. The van der Waals surface area contributed by atoms with Crippen molar-refractivity contribution in [3.05, 3.63) is 53.6 Å².